The van der Waals surface area contributed by atoms with Gasteiger partial charge in [0.1, 0.15) is 0 Å². The van der Waals surface area contributed by atoms with Gasteiger partial charge >= 0.3 is 5.97 Å². The van der Waals surface area contributed by atoms with Crippen LogP contribution in [0.1, 0.15) is 40.5 Å². The van der Waals surface area contributed by atoms with Crippen LogP contribution in [0.25, 0.3) is 0 Å². The summed E-state index contributed by atoms with van der Waals surface area (Å²) in [6.45, 7) is 3.19. The van der Waals surface area contributed by atoms with Gasteiger partial charge in [-0.1, -0.05) is 6.92 Å². The molecule has 1 aliphatic rings. The Hall–Kier alpha value is -2.71. The van der Waals surface area contributed by atoms with Crippen LogP contribution in [-0.2, 0) is 10.0 Å². The van der Waals surface area contributed by atoms with Crippen molar-refractivity contribution in [2.75, 3.05) is 25.0 Å². The number of aromatic carboxylic acids is 1. The molecule has 29 heavy (non-hydrogen) atoms. The summed E-state index contributed by atoms with van der Waals surface area (Å²) in [5, 5.41) is 11.8. The largest absolute Gasteiger partial charge is 0.478 e. The van der Waals surface area contributed by atoms with Crippen molar-refractivity contribution >= 4 is 27.5 Å². The molecule has 1 saturated heterocycles. The monoisotopic (exact) mass is 416 g/mol. The van der Waals surface area contributed by atoms with Crippen molar-refractivity contribution in [2.45, 2.75) is 24.7 Å². The Morgan fingerprint density at radius 2 is 1.55 bits per heavy atom. The van der Waals surface area contributed by atoms with Crippen LogP contribution in [0, 0.1) is 5.92 Å². The van der Waals surface area contributed by atoms with E-state index < -0.39 is 16.0 Å². The first-order valence-corrected chi connectivity index (χ1v) is 10.9. The number of ketones is 1. The molecule has 154 valence electrons. The van der Waals surface area contributed by atoms with Gasteiger partial charge in [0.2, 0.25) is 10.0 Å². The highest BCUT2D eigenvalue weighted by Gasteiger charge is 2.28. The van der Waals surface area contributed by atoms with Crippen molar-refractivity contribution in [3.8, 4) is 0 Å². The first-order chi connectivity index (χ1) is 13.8. The van der Waals surface area contributed by atoms with Crippen LogP contribution in [0.2, 0.25) is 0 Å². The summed E-state index contributed by atoms with van der Waals surface area (Å²) in [6.07, 6.45) is 1.71. The van der Waals surface area contributed by atoms with Crippen LogP contribution in [-0.4, -0.2) is 49.2 Å². The van der Waals surface area contributed by atoms with Crippen molar-refractivity contribution in [3.63, 3.8) is 0 Å². The van der Waals surface area contributed by atoms with E-state index in [2.05, 4.69) is 12.2 Å². The maximum atomic E-state index is 12.7. The zero-order valence-electron chi connectivity index (χ0n) is 16.2. The van der Waals surface area contributed by atoms with E-state index in [1.165, 1.54) is 40.7 Å². The molecule has 0 unspecified atom stereocenters. The second kappa shape index (κ2) is 8.75. The molecule has 0 amide bonds. The van der Waals surface area contributed by atoms with Crippen LogP contribution >= 0.6 is 0 Å². The van der Waals surface area contributed by atoms with Crippen LogP contribution in [0.4, 0.5) is 5.69 Å². The summed E-state index contributed by atoms with van der Waals surface area (Å²) in [6, 6.07) is 12.1. The highest BCUT2D eigenvalue weighted by Crippen LogP contribution is 2.23. The lowest BCUT2D eigenvalue weighted by atomic mass is 10.0. The van der Waals surface area contributed by atoms with Crippen LogP contribution in [0.5, 0.6) is 0 Å². The van der Waals surface area contributed by atoms with E-state index in [1.54, 1.807) is 12.1 Å². The van der Waals surface area contributed by atoms with Crippen LogP contribution < -0.4 is 5.32 Å². The number of piperidine rings is 1. The molecule has 0 aromatic heterocycles. The molecule has 0 saturated carbocycles. The van der Waals surface area contributed by atoms with Gasteiger partial charge in [-0.25, -0.2) is 13.2 Å². The van der Waals surface area contributed by atoms with Gasteiger partial charge in [0.05, 0.1) is 17.0 Å². The molecule has 1 aliphatic heterocycles. The fraction of sp³-hybridized carbons (Fsp3) is 0.333. The summed E-state index contributed by atoms with van der Waals surface area (Å²) in [5.74, 6) is -0.668. The van der Waals surface area contributed by atoms with Gasteiger partial charge in [-0.05, 0) is 67.3 Å². The summed E-state index contributed by atoms with van der Waals surface area (Å²) < 4.78 is 27.0. The fourth-order valence-corrected chi connectivity index (χ4v) is 4.67. The van der Waals surface area contributed by atoms with E-state index in [1.807, 2.05) is 0 Å². The smallest absolute Gasteiger partial charge is 0.335 e. The third-order valence-electron chi connectivity index (χ3n) is 5.14. The molecule has 1 fully saturated rings. The molecule has 7 nitrogen and oxygen atoms in total. The second-order valence-electron chi connectivity index (χ2n) is 7.27. The third kappa shape index (κ3) is 5.02. The number of sulfonamides is 1. The first-order valence-electron chi connectivity index (χ1n) is 9.48. The van der Waals surface area contributed by atoms with Crippen molar-refractivity contribution in [3.05, 3.63) is 59.7 Å². The lowest BCUT2D eigenvalue weighted by molar-refractivity contribution is 0.0696. The topological polar surface area (TPSA) is 104 Å². The van der Waals surface area contributed by atoms with E-state index in [9.17, 15) is 18.0 Å². The van der Waals surface area contributed by atoms with Crippen molar-refractivity contribution in [2.24, 2.45) is 5.92 Å². The molecule has 0 radical (unpaired) electrons. The molecule has 0 spiro atoms. The number of benzene rings is 2. The molecule has 2 aromatic carbocycles. The van der Waals surface area contributed by atoms with E-state index in [0.29, 0.717) is 30.3 Å². The maximum absolute atomic E-state index is 12.7. The number of nitrogens with zero attached hydrogens (tertiary/aromatic N) is 1. The third-order valence-corrected chi connectivity index (χ3v) is 7.05. The average Bonchev–Trinajstić information content (AvgIpc) is 2.72. The number of carboxylic acid groups (broad SMARTS) is 1. The molecule has 0 bridgehead atoms. The SMILES string of the molecule is CC1CCN(S(=O)(=O)c2ccc(C(=O)CNc3ccc(C(=O)O)cc3)cc2)CC1. The number of hydrogen-bond donors (Lipinski definition) is 2. The number of carbonyl (C=O) groups excluding carboxylic acids is 1. The predicted molar refractivity (Wildman–Crippen MR) is 110 cm³/mol. The van der Waals surface area contributed by atoms with Crippen LogP contribution in [0.3, 0.4) is 0 Å². The first kappa shape index (κ1) is 21.0. The van der Waals surface area contributed by atoms with E-state index in [-0.39, 0.29) is 22.8 Å². The number of nitrogens with one attached hydrogen (secondary N) is 1. The Bertz CT molecular complexity index is 977. The minimum Gasteiger partial charge on any atom is -0.478 e. The highest BCUT2D eigenvalue weighted by atomic mass is 32.2. The van der Waals surface area contributed by atoms with Gasteiger partial charge in [-0.15, -0.1) is 0 Å². The number of rotatable bonds is 7. The van der Waals surface area contributed by atoms with E-state index in [0.717, 1.165) is 12.8 Å². The Morgan fingerprint density at radius 3 is 2.10 bits per heavy atom. The molecule has 1 heterocycles. The summed E-state index contributed by atoms with van der Waals surface area (Å²) >= 11 is 0. The molecule has 0 atom stereocenters. The van der Waals surface area contributed by atoms with Crippen LogP contribution in [0.15, 0.2) is 53.4 Å². The van der Waals surface area contributed by atoms with Gasteiger partial charge in [-0.3, -0.25) is 4.79 Å². The minimum absolute atomic E-state index is 0.0164. The van der Waals surface area contributed by atoms with Gasteiger partial charge in [-0.2, -0.15) is 4.31 Å². The lowest BCUT2D eigenvalue weighted by Crippen LogP contribution is -2.37. The summed E-state index contributed by atoms with van der Waals surface area (Å²) in [4.78, 5) is 23.4. The fourth-order valence-electron chi connectivity index (χ4n) is 3.20. The molecule has 0 aliphatic carbocycles. The average molecular weight is 416 g/mol. The number of carbonyl (C=O) groups is 2. The van der Waals surface area contributed by atoms with Gasteiger partial charge in [0.15, 0.2) is 5.78 Å². The van der Waals surface area contributed by atoms with Crippen molar-refractivity contribution < 1.29 is 23.1 Å². The number of hydrogen-bond acceptors (Lipinski definition) is 5. The minimum atomic E-state index is -3.54. The number of Topliss-reactive ketones (excluding diaryl/α,β-unsaturated/α-hetero) is 1. The van der Waals surface area contributed by atoms with Gasteiger partial charge < -0.3 is 10.4 Å². The quantitative estimate of drug-likeness (QED) is 0.672. The Kier molecular flexibility index (Phi) is 6.34. The zero-order valence-corrected chi connectivity index (χ0v) is 17.0. The summed E-state index contributed by atoms with van der Waals surface area (Å²) in [7, 11) is -3.54. The Balaban J connectivity index is 1.61. The molecular weight excluding hydrogens is 392 g/mol. The maximum Gasteiger partial charge on any atom is 0.335 e. The zero-order chi connectivity index (χ0) is 21.0. The molecule has 3 rings (SSSR count). The van der Waals surface area contributed by atoms with E-state index >= 15 is 0 Å². The second-order valence-corrected chi connectivity index (χ2v) is 9.21. The highest BCUT2D eigenvalue weighted by molar-refractivity contribution is 7.89. The lowest BCUT2D eigenvalue weighted by Gasteiger charge is -2.29. The Morgan fingerprint density at radius 1 is 1.00 bits per heavy atom. The molecule has 8 heteroatoms. The number of anilines is 1. The van der Waals surface area contributed by atoms with Crippen molar-refractivity contribution in [1.29, 1.82) is 0 Å². The molecule has 2 aromatic rings. The predicted octanol–water partition coefficient (Wildman–Crippen LogP) is 3.10. The van der Waals surface area contributed by atoms with Crippen molar-refractivity contribution in [1.82, 2.24) is 4.31 Å². The molecular formula is C21H24N2O5S. The van der Waals surface area contributed by atoms with E-state index in [4.69, 9.17) is 5.11 Å². The normalized spacial score (nSPS) is 15.8. The number of carboxylic acids is 1. The molecule has 2 N–H and O–H groups in total. The standard InChI is InChI=1S/C21H24N2O5S/c1-15-10-12-23(13-11-15)29(27,28)19-8-4-16(5-9-19)20(24)14-22-18-6-2-17(3-7-18)21(25)26/h2-9,15,22H,10-14H2,1H3,(H,25,26). The van der Waals surface area contributed by atoms with Gasteiger partial charge in [0.25, 0.3) is 0 Å². The summed E-state index contributed by atoms with van der Waals surface area (Å²) in [5.41, 5.74) is 1.20. The van der Waals surface area contributed by atoms with Gasteiger partial charge in [0, 0.05) is 24.3 Å². The Labute approximate surface area is 170 Å².